The summed E-state index contributed by atoms with van der Waals surface area (Å²) in [5, 5.41) is 12.6. The van der Waals surface area contributed by atoms with Crippen LogP contribution in [0.3, 0.4) is 0 Å². The Kier molecular flexibility index (Phi) is 5.56. The van der Waals surface area contributed by atoms with Crippen molar-refractivity contribution in [3.8, 4) is 0 Å². The highest BCUT2D eigenvalue weighted by atomic mass is 32.2. The van der Waals surface area contributed by atoms with Crippen LogP contribution in [-0.4, -0.2) is 45.8 Å². The van der Waals surface area contributed by atoms with Crippen molar-refractivity contribution >= 4 is 27.3 Å². The van der Waals surface area contributed by atoms with Gasteiger partial charge in [0.05, 0.1) is 5.56 Å². The molecule has 3 N–H and O–H groups in total. The molecule has 9 heteroatoms. The van der Waals surface area contributed by atoms with Crippen LogP contribution < -0.4 is 10.0 Å². The zero-order chi connectivity index (χ0) is 17.2. The fourth-order valence-electron chi connectivity index (χ4n) is 3.19. The van der Waals surface area contributed by atoms with Crippen molar-refractivity contribution in [2.45, 2.75) is 36.4 Å². The molecule has 2 aliphatic heterocycles. The van der Waals surface area contributed by atoms with Gasteiger partial charge >= 0.3 is 5.97 Å². The minimum Gasteiger partial charge on any atom is -0.478 e. The third-order valence-electron chi connectivity index (χ3n) is 4.46. The van der Waals surface area contributed by atoms with Crippen LogP contribution >= 0.6 is 11.3 Å². The Balaban J connectivity index is 1.69. The largest absolute Gasteiger partial charge is 0.478 e. The second-order valence-corrected chi connectivity index (χ2v) is 9.24. The molecule has 0 radical (unpaired) electrons. The molecule has 134 valence electrons. The lowest BCUT2D eigenvalue weighted by Gasteiger charge is -2.12. The van der Waals surface area contributed by atoms with Crippen LogP contribution in [0.2, 0.25) is 0 Å². The van der Waals surface area contributed by atoms with E-state index in [0.29, 0.717) is 37.5 Å². The Hall–Kier alpha value is -1.00. The number of rotatable bonds is 7. The smallest absolute Gasteiger partial charge is 0.338 e. The molecule has 1 unspecified atom stereocenters. The number of carboxylic acid groups (broad SMARTS) is 1. The summed E-state index contributed by atoms with van der Waals surface area (Å²) in [4.78, 5) is 12.4. The van der Waals surface area contributed by atoms with Crippen LogP contribution in [0.4, 0.5) is 0 Å². The highest BCUT2D eigenvalue weighted by Gasteiger charge is 2.31. The highest BCUT2D eigenvalue weighted by Crippen LogP contribution is 2.34. The van der Waals surface area contributed by atoms with Crippen molar-refractivity contribution in [2.24, 2.45) is 5.92 Å². The van der Waals surface area contributed by atoms with Gasteiger partial charge < -0.3 is 15.2 Å². The van der Waals surface area contributed by atoms with Crippen LogP contribution in [0.5, 0.6) is 0 Å². The van der Waals surface area contributed by atoms with E-state index in [0.717, 1.165) is 48.7 Å². The van der Waals surface area contributed by atoms with Crippen LogP contribution in [-0.2, 0) is 27.7 Å². The van der Waals surface area contributed by atoms with E-state index >= 15 is 0 Å². The minimum atomic E-state index is -3.80. The van der Waals surface area contributed by atoms with Crippen molar-refractivity contribution in [1.82, 2.24) is 10.0 Å². The van der Waals surface area contributed by atoms with Gasteiger partial charge in [0.1, 0.15) is 4.21 Å². The summed E-state index contributed by atoms with van der Waals surface area (Å²) in [7, 11) is -3.80. The molecule has 0 saturated carbocycles. The summed E-state index contributed by atoms with van der Waals surface area (Å²) < 4.78 is 32.9. The quantitative estimate of drug-likeness (QED) is 0.619. The zero-order valence-corrected chi connectivity index (χ0v) is 15.0. The molecule has 1 fully saturated rings. The first-order chi connectivity index (χ1) is 11.5. The topological polar surface area (TPSA) is 105 Å². The summed E-state index contributed by atoms with van der Waals surface area (Å²) in [6, 6.07) is 0. The molecule has 3 heterocycles. The fraction of sp³-hybridized carbons (Fsp3) is 0.667. The third kappa shape index (κ3) is 3.80. The van der Waals surface area contributed by atoms with E-state index in [1.807, 2.05) is 0 Å². The average molecular weight is 374 g/mol. The lowest BCUT2D eigenvalue weighted by atomic mass is 10.0. The number of sulfonamides is 1. The van der Waals surface area contributed by atoms with E-state index < -0.39 is 16.0 Å². The summed E-state index contributed by atoms with van der Waals surface area (Å²) in [5.41, 5.74) is 0.614. The Morgan fingerprint density at radius 1 is 1.46 bits per heavy atom. The van der Waals surface area contributed by atoms with E-state index in [4.69, 9.17) is 4.74 Å². The van der Waals surface area contributed by atoms with Gasteiger partial charge in [-0.25, -0.2) is 17.9 Å². The predicted molar refractivity (Wildman–Crippen MR) is 90.0 cm³/mol. The zero-order valence-electron chi connectivity index (χ0n) is 13.3. The highest BCUT2D eigenvalue weighted by molar-refractivity contribution is 7.91. The first-order valence-electron chi connectivity index (χ1n) is 8.15. The van der Waals surface area contributed by atoms with E-state index in [1.165, 1.54) is 0 Å². The van der Waals surface area contributed by atoms with Gasteiger partial charge in [-0.15, -0.1) is 11.3 Å². The number of ether oxygens (including phenoxy) is 1. The first-order valence-corrected chi connectivity index (χ1v) is 10.4. The van der Waals surface area contributed by atoms with Crippen LogP contribution in [0.1, 0.15) is 40.1 Å². The molecule has 1 atom stereocenters. The monoisotopic (exact) mass is 374 g/mol. The lowest BCUT2D eigenvalue weighted by Crippen LogP contribution is -2.26. The number of fused-ring (bicyclic) bond motifs is 1. The summed E-state index contributed by atoms with van der Waals surface area (Å²) in [6.45, 7) is 3.05. The van der Waals surface area contributed by atoms with E-state index in [-0.39, 0.29) is 9.77 Å². The van der Waals surface area contributed by atoms with Gasteiger partial charge in [-0.05, 0) is 43.7 Å². The number of hydrogen-bond donors (Lipinski definition) is 3. The Bertz CT molecular complexity index is 708. The fourth-order valence-corrected chi connectivity index (χ4v) is 6.17. The van der Waals surface area contributed by atoms with E-state index in [9.17, 15) is 18.3 Å². The number of nitrogens with one attached hydrogen (secondary N) is 2. The van der Waals surface area contributed by atoms with Gasteiger partial charge in [0.25, 0.3) is 10.0 Å². The van der Waals surface area contributed by atoms with E-state index in [1.54, 1.807) is 0 Å². The van der Waals surface area contributed by atoms with Crippen LogP contribution in [0, 0.1) is 5.92 Å². The molecule has 24 heavy (non-hydrogen) atoms. The minimum absolute atomic E-state index is 0.0480. The molecule has 0 bridgehead atoms. The summed E-state index contributed by atoms with van der Waals surface area (Å²) in [5.74, 6) is -0.665. The van der Waals surface area contributed by atoms with Gasteiger partial charge in [0.2, 0.25) is 0 Å². The molecular weight excluding hydrogens is 352 g/mol. The second-order valence-electron chi connectivity index (χ2n) is 6.17. The normalized spacial score (nSPS) is 20.9. The molecule has 0 aromatic carbocycles. The van der Waals surface area contributed by atoms with Gasteiger partial charge in [0, 0.05) is 31.2 Å². The lowest BCUT2D eigenvalue weighted by molar-refractivity contribution is 0.0692. The predicted octanol–water partition coefficient (Wildman–Crippen LogP) is 1.19. The molecule has 1 saturated heterocycles. The number of carboxylic acids is 1. The number of hydrogen-bond acceptors (Lipinski definition) is 6. The summed E-state index contributed by atoms with van der Waals surface area (Å²) in [6.07, 6.45) is 3.21. The number of thiophene rings is 1. The van der Waals surface area contributed by atoms with Crippen LogP contribution in [0.15, 0.2) is 4.21 Å². The molecule has 3 rings (SSSR count). The second kappa shape index (κ2) is 7.49. The number of carbonyl (C=O) groups is 1. The standard InChI is InChI=1S/C15H22N2O5S2/c18-14(19)13-11-3-6-16-8-12(11)23-15(13)24(20,21)17-5-1-2-10-4-7-22-9-10/h10,16-17H,1-9H2,(H,18,19). The van der Waals surface area contributed by atoms with Crippen molar-refractivity contribution in [3.63, 3.8) is 0 Å². The van der Waals surface area contributed by atoms with Crippen molar-refractivity contribution in [1.29, 1.82) is 0 Å². The van der Waals surface area contributed by atoms with Gasteiger partial charge in [-0.3, -0.25) is 0 Å². The van der Waals surface area contributed by atoms with Crippen molar-refractivity contribution < 1.29 is 23.1 Å². The Labute approximate surface area is 145 Å². The third-order valence-corrected chi connectivity index (χ3v) is 7.67. The molecular formula is C15H22N2O5S2. The average Bonchev–Trinajstić information content (AvgIpc) is 3.19. The molecule has 0 spiro atoms. The summed E-state index contributed by atoms with van der Waals surface area (Å²) >= 11 is 1.07. The molecule has 7 nitrogen and oxygen atoms in total. The molecule has 1 aromatic heterocycles. The Morgan fingerprint density at radius 3 is 3.00 bits per heavy atom. The first kappa shape index (κ1) is 17.8. The maximum Gasteiger partial charge on any atom is 0.338 e. The SMILES string of the molecule is O=C(O)c1c(S(=O)(=O)NCCCC2CCOC2)sc2c1CCNC2. The maximum absolute atomic E-state index is 12.6. The van der Waals surface area contributed by atoms with E-state index in [2.05, 4.69) is 10.0 Å². The molecule has 0 aliphatic carbocycles. The van der Waals surface area contributed by atoms with Crippen LogP contribution in [0.25, 0.3) is 0 Å². The van der Waals surface area contributed by atoms with Gasteiger partial charge in [-0.2, -0.15) is 0 Å². The Morgan fingerprint density at radius 2 is 2.29 bits per heavy atom. The van der Waals surface area contributed by atoms with Crippen molar-refractivity contribution in [3.05, 3.63) is 16.0 Å². The van der Waals surface area contributed by atoms with Crippen molar-refractivity contribution in [2.75, 3.05) is 26.3 Å². The molecule has 0 amide bonds. The number of aromatic carboxylic acids is 1. The van der Waals surface area contributed by atoms with Gasteiger partial charge in [0.15, 0.2) is 0 Å². The van der Waals surface area contributed by atoms with Gasteiger partial charge in [-0.1, -0.05) is 0 Å². The molecule has 1 aromatic rings. The maximum atomic E-state index is 12.6. The molecule has 2 aliphatic rings.